The molecule has 8 heteroatoms. The maximum atomic E-state index is 13.0. The molecular weight excluding hydrogens is 408 g/mol. The van der Waals surface area contributed by atoms with Gasteiger partial charge in [-0.1, -0.05) is 42.1 Å². The van der Waals surface area contributed by atoms with E-state index in [-0.39, 0.29) is 16.0 Å². The van der Waals surface area contributed by atoms with Crippen LogP contribution < -0.4 is 9.64 Å². The molecule has 1 unspecified atom stereocenters. The molecule has 0 aliphatic carbocycles. The molecule has 1 aliphatic heterocycles. The van der Waals surface area contributed by atoms with Crippen molar-refractivity contribution in [3.63, 3.8) is 0 Å². The van der Waals surface area contributed by atoms with Gasteiger partial charge >= 0.3 is 0 Å². The molecule has 1 amide bonds. The van der Waals surface area contributed by atoms with E-state index in [4.69, 9.17) is 4.74 Å². The van der Waals surface area contributed by atoms with E-state index in [0.29, 0.717) is 11.4 Å². The summed E-state index contributed by atoms with van der Waals surface area (Å²) < 4.78 is 35.1. The lowest BCUT2D eigenvalue weighted by molar-refractivity contribution is -0.116. The van der Waals surface area contributed by atoms with Gasteiger partial charge in [0, 0.05) is 0 Å². The Morgan fingerprint density at radius 2 is 1.69 bits per heavy atom. The van der Waals surface area contributed by atoms with E-state index in [1.165, 1.54) is 11.0 Å². The Morgan fingerprint density at radius 1 is 1.00 bits per heavy atom. The molecule has 148 valence electrons. The van der Waals surface area contributed by atoms with Crippen molar-refractivity contribution < 1.29 is 17.9 Å². The molecule has 1 saturated heterocycles. The number of fused-ring (bicyclic) bond motifs is 1. The third kappa shape index (κ3) is 3.73. The molecule has 6 nitrogen and oxygen atoms in total. The molecule has 0 spiro atoms. The summed E-state index contributed by atoms with van der Waals surface area (Å²) in [4.78, 5) is 14.1. The SMILES string of the molecule is COc1ccc(N2C(=O)C(C)S/C2=N/S(=O)(=O)c2ccc3ccccc3c2)cc1. The topological polar surface area (TPSA) is 76.0 Å². The van der Waals surface area contributed by atoms with E-state index in [1.54, 1.807) is 50.4 Å². The molecule has 29 heavy (non-hydrogen) atoms. The summed E-state index contributed by atoms with van der Waals surface area (Å²) >= 11 is 1.13. The van der Waals surface area contributed by atoms with Gasteiger partial charge in [-0.3, -0.25) is 9.69 Å². The number of ether oxygens (including phenoxy) is 1. The van der Waals surface area contributed by atoms with E-state index in [9.17, 15) is 13.2 Å². The number of methoxy groups -OCH3 is 1. The molecule has 0 bridgehead atoms. The standard InChI is InChI=1S/C21H18N2O4S2/c1-14-20(24)23(17-8-10-18(27-2)11-9-17)21(28-14)22-29(25,26)19-12-7-15-5-3-4-6-16(15)13-19/h3-14H,1-2H3/b22-21+. The number of anilines is 1. The first-order chi connectivity index (χ1) is 13.9. The van der Waals surface area contributed by atoms with Crippen molar-refractivity contribution in [2.45, 2.75) is 17.1 Å². The fourth-order valence-corrected chi connectivity index (χ4v) is 5.25. The van der Waals surface area contributed by atoms with Crippen LogP contribution in [0.2, 0.25) is 0 Å². The monoisotopic (exact) mass is 426 g/mol. The largest absolute Gasteiger partial charge is 0.497 e. The lowest BCUT2D eigenvalue weighted by Crippen LogP contribution is -2.31. The van der Waals surface area contributed by atoms with Gasteiger partial charge in [-0.15, -0.1) is 4.40 Å². The van der Waals surface area contributed by atoms with Gasteiger partial charge < -0.3 is 4.74 Å². The Hall–Kier alpha value is -2.84. The summed E-state index contributed by atoms with van der Waals surface area (Å²) in [5.74, 6) is 0.427. The summed E-state index contributed by atoms with van der Waals surface area (Å²) in [7, 11) is -2.43. The van der Waals surface area contributed by atoms with Gasteiger partial charge in [0.05, 0.1) is 22.9 Å². The van der Waals surface area contributed by atoms with Gasteiger partial charge in [0.1, 0.15) is 5.75 Å². The summed E-state index contributed by atoms with van der Waals surface area (Å²) in [6.07, 6.45) is 0. The van der Waals surface area contributed by atoms with Crippen molar-refractivity contribution in [1.29, 1.82) is 0 Å². The minimum Gasteiger partial charge on any atom is -0.497 e. The number of carbonyl (C=O) groups excluding carboxylic acids is 1. The van der Waals surface area contributed by atoms with E-state index < -0.39 is 15.3 Å². The van der Waals surface area contributed by atoms with E-state index in [0.717, 1.165) is 22.5 Å². The first-order valence-electron chi connectivity index (χ1n) is 8.87. The first kappa shape index (κ1) is 19.5. The summed E-state index contributed by atoms with van der Waals surface area (Å²) in [5, 5.41) is 1.46. The van der Waals surface area contributed by atoms with Crippen molar-refractivity contribution in [1.82, 2.24) is 0 Å². The van der Waals surface area contributed by atoms with Crippen LogP contribution in [-0.2, 0) is 14.8 Å². The molecule has 4 rings (SSSR count). The number of rotatable bonds is 4. The van der Waals surface area contributed by atoms with Crippen LogP contribution in [0, 0.1) is 0 Å². The Labute approximate surface area is 173 Å². The van der Waals surface area contributed by atoms with E-state index >= 15 is 0 Å². The van der Waals surface area contributed by atoms with Gasteiger partial charge in [0.2, 0.25) is 5.91 Å². The molecule has 0 aromatic heterocycles. The molecule has 3 aromatic carbocycles. The van der Waals surface area contributed by atoms with Crippen LogP contribution in [0.1, 0.15) is 6.92 Å². The Morgan fingerprint density at radius 3 is 2.38 bits per heavy atom. The number of hydrogen-bond donors (Lipinski definition) is 0. The van der Waals surface area contributed by atoms with Crippen molar-refractivity contribution >= 4 is 49.3 Å². The lowest BCUT2D eigenvalue weighted by Gasteiger charge is -2.16. The fourth-order valence-electron chi connectivity index (χ4n) is 3.05. The molecule has 3 aromatic rings. The van der Waals surface area contributed by atoms with E-state index in [1.807, 2.05) is 24.3 Å². The van der Waals surface area contributed by atoms with Gasteiger partial charge in [0.15, 0.2) is 5.17 Å². The number of hydrogen-bond acceptors (Lipinski definition) is 5. The first-order valence-corrected chi connectivity index (χ1v) is 11.2. The fraction of sp³-hybridized carbons (Fsp3) is 0.143. The molecule has 1 fully saturated rings. The lowest BCUT2D eigenvalue weighted by atomic mass is 10.1. The molecule has 0 saturated carbocycles. The molecule has 1 atom stereocenters. The molecule has 1 heterocycles. The minimum absolute atomic E-state index is 0.0889. The Balaban J connectivity index is 1.75. The highest BCUT2D eigenvalue weighted by atomic mass is 32.2. The van der Waals surface area contributed by atoms with Crippen LogP contribution in [0.15, 0.2) is 76.0 Å². The number of amidine groups is 1. The second-order valence-electron chi connectivity index (χ2n) is 6.49. The van der Waals surface area contributed by atoms with Crippen molar-refractivity contribution in [3.8, 4) is 5.75 Å². The highest BCUT2D eigenvalue weighted by Gasteiger charge is 2.37. The zero-order chi connectivity index (χ0) is 20.6. The predicted octanol–water partition coefficient (Wildman–Crippen LogP) is 4.06. The predicted molar refractivity (Wildman–Crippen MR) is 116 cm³/mol. The van der Waals surface area contributed by atoms with Crippen LogP contribution >= 0.6 is 11.8 Å². The average Bonchev–Trinajstić information content (AvgIpc) is 3.00. The maximum absolute atomic E-state index is 13.0. The summed E-state index contributed by atoms with van der Waals surface area (Å²) in [6, 6.07) is 19.2. The van der Waals surface area contributed by atoms with Gasteiger partial charge in [-0.2, -0.15) is 8.42 Å². The highest BCUT2D eigenvalue weighted by Crippen LogP contribution is 2.34. The number of thioether (sulfide) groups is 1. The van der Waals surface area contributed by atoms with Crippen LogP contribution in [0.3, 0.4) is 0 Å². The molecule has 0 radical (unpaired) electrons. The number of benzene rings is 3. The molecule has 1 aliphatic rings. The van der Waals surface area contributed by atoms with Gasteiger partial charge in [0.25, 0.3) is 10.0 Å². The van der Waals surface area contributed by atoms with Crippen LogP contribution in [-0.4, -0.2) is 31.9 Å². The van der Waals surface area contributed by atoms with Crippen molar-refractivity contribution in [2.24, 2.45) is 4.40 Å². The average molecular weight is 427 g/mol. The van der Waals surface area contributed by atoms with E-state index in [2.05, 4.69) is 4.40 Å². The van der Waals surface area contributed by atoms with Crippen LogP contribution in [0.4, 0.5) is 5.69 Å². The third-order valence-corrected chi connectivity index (χ3v) is 7.01. The number of nitrogens with zero attached hydrogens (tertiary/aromatic N) is 2. The quantitative estimate of drug-likeness (QED) is 0.629. The number of amides is 1. The minimum atomic E-state index is -3.99. The van der Waals surface area contributed by atoms with Gasteiger partial charge in [-0.25, -0.2) is 0 Å². The second-order valence-corrected chi connectivity index (χ2v) is 9.40. The highest BCUT2D eigenvalue weighted by molar-refractivity contribution is 8.16. The zero-order valence-corrected chi connectivity index (χ0v) is 17.4. The van der Waals surface area contributed by atoms with Gasteiger partial charge in [-0.05, 0) is 54.1 Å². The smallest absolute Gasteiger partial charge is 0.284 e. The third-order valence-electron chi connectivity index (χ3n) is 4.59. The molecule has 0 N–H and O–H groups in total. The summed E-state index contributed by atoms with van der Waals surface area (Å²) in [6.45, 7) is 1.73. The number of sulfonamides is 1. The zero-order valence-electron chi connectivity index (χ0n) is 15.8. The Bertz CT molecular complexity index is 1220. The van der Waals surface area contributed by atoms with Crippen molar-refractivity contribution in [3.05, 3.63) is 66.7 Å². The molecular formula is C21H18N2O4S2. The Kier molecular flexibility index (Phi) is 5.06. The van der Waals surface area contributed by atoms with Crippen LogP contribution in [0.5, 0.6) is 5.75 Å². The number of carbonyl (C=O) groups is 1. The maximum Gasteiger partial charge on any atom is 0.284 e. The van der Waals surface area contributed by atoms with Crippen LogP contribution in [0.25, 0.3) is 10.8 Å². The second kappa shape index (κ2) is 7.53. The van der Waals surface area contributed by atoms with Crippen molar-refractivity contribution in [2.75, 3.05) is 12.0 Å². The normalized spacial score (nSPS) is 18.6. The summed E-state index contributed by atoms with van der Waals surface area (Å²) in [5.41, 5.74) is 0.542.